The number of piperidine rings is 2. The van der Waals surface area contributed by atoms with Gasteiger partial charge in [0, 0.05) is 25.0 Å². The van der Waals surface area contributed by atoms with Crippen LogP contribution in [0.2, 0.25) is 0 Å². The van der Waals surface area contributed by atoms with Gasteiger partial charge in [0.1, 0.15) is 0 Å². The van der Waals surface area contributed by atoms with Crippen molar-refractivity contribution in [3.05, 3.63) is 6.42 Å². The lowest BCUT2D eigenvalue weighted by atomic mass is 9.94. The fourth-order valence-corrected chi connectivity index (χ4v) is 3.37. The van der Waals surface area contributed by atoms with E-state index < -0.39 is 0 Å². The van der Waals surface area contributed by atoms with Crippen LogP contribution in [0.25, 0.3) is 0 Å². The van der Waals surface area contributed by atoms with E-state index in [4.69, 9.17) is 5.73 Å². The zero-order valence-electron chi connectivity index (χ0n) is 14.0. The number of hydrogen-bond acceptors (Lipinski definition) is 3. The molecule has 0 aliphatic carbocycles. The minimum absolute atomic E-state index is 0.0545. The highest BCUT2D eigenvalue weighted by Gasteiger charge is 2.28. The van der Waals surface area contributed by atoms with E-state index in [1.54, 1.807) is 13.3 Å². The lowest BCUT2D eigenvalue weighted by Gasteiger charge is -2.41. The van der Waals surface area contributed by atoms with E-state index in [0.29, 0.717) is 12.5 Å². The Labute approximate surface area is 134 Å². The molecule has 2 saturated heterocycles. The van der Waals surface area contributed by atoms with E-state index in [9.17, 15) is 9.59 Å². The molecule has 0 aromatic rings. The number of amides is 2. The summed E-state index contributed by atoms with van der Waals surface area (Å²) in [6, 6.07) is 0.640. The molecule has 2 N–H and O–H groups in total. The van der Waals surface area contributed by atoms with Gasteiger partial charge < -0.3 is 15.5 Å². The number of rotatable bonds is 5. The van der Waals surface area contributed by atoms with Gasteiger partial charge in [0.25, 0.3) is 0 Å². The summed E-state index contributed by atoms with van der Waals surface area (Å²) in [5.74, 6) is 0.303. The third-order valence-corrected chi connectivity index (χ3v) is 5.24. The normalized spacial score (nSPS) is 23.5. The predicted octanol–water partition coefficient (Wildman–Crippen LogP) is 1.43. The van der Waals surface area contributed by atoms with Crippen molar-refractivity contribution >= 4 is 11.8 Å². The molecular formula is C17H30N3O2. The quantitative estimate of drug-likeness (QED) is 0.835. The van der Waals surface area contributed by atoms with E-state index in [1.165, 1.54) is 25.9 Å². The molecule has 5 heteroatoms. The van der Waals surface area contributed by atoms with Crippen molar-refractivity contribution in [2.45, 2.75) is 52.0 Å². The molecule has 5 nitrogen and oxygen atoms in total. The zero-order valence-corrected chi connectivity index (χ0v) is 14.0. The maximum atomic E-state index is 12.2. The van der Waals surface area contributed by atoms with Crippen LogP contribution in [0.3, 0.4) is 0 Å². The molecule has 0 unspecified atom stereocenters. The van der Waals surface area contributed by atoms with E-state index in [0.717, 1.165) is 31.8 Å². The second kappa shape index (κ2) is 7.95. The lowest BCUT2D eigenvalue weighted by Crippen LogP contribution is -2.49. The molecule has 0 aromatic carbocycles. The van der Waals surface area contributed by atoms with Crippen LogP contribution in [0.15, 0.2) is 0 Å². The largest absolute Gasteiger partial charge is 0.369 e. The van der Waals surface area contributed by atoms with Gasteiger partial charge in [-0.25, -0.2) is 0 Å². The van der Waals surface area contributed by atoms with Gasteiger partial charge >= 0.3 is 0 Å². The number of nitrogens with two attached hydrogens (primary N) is 1. The molecule has 2 rings (SSSR count). The van der Waals surface area contributed by atoms with Crippen molar-refractivity contribution < 1.29 is 9.59 Å². The Morgan fingerprint density at radius 1 is 1.14 bits per heavy atom. The molecule has 0 bridgehead atoms. The highest BCUT2D eigenvalue weighted by atomic mass is 16.2. The number of primary amides is 1. The van der Waals surface area contributed by atoms with Crippen LogP contribution >= 0.6 is 0 Å². The monoisotopic (exact) mass is 308 g/mol. The van der Waals surface area contributed by atoms with Gasteiger partial charge in [-0.15, -0.1) is 0 Å². The Balaban J connectivity index is 1.70. The third-order valence-electron chi connectivity index (χ3n) is 5.24. The van der Waals surface area contributed by atoms with Crippen molar-refractivity contribution in [3.63, 3.8) is 0 Å². The molecule has 2 aliphatic heterocycles. The van der Waals surface area contributed by atoms with Crippen LogP contribution in [0.5, 0.6) is 0 Å². The van der Waals surface area contributed by atoms with E-state index >= 15 is 0 Å². The van der Waals surface area contributed by atoms with Gasteiger partial charge in [-0.1, -0.05) is 13.8 Å². The number of hydrogen-bond donors (Lipinski definition) is 1. The van der Waals surface area contributed by atoms with Crippen LogP contribution in [-0.2, 0) is 9.59 Å². The topological polar surface area (TPSA) is 66.6 Å². The van der Waals surface area contributed by atoms with Gasteiger partial charge in [-0.05, 0) is 51.1 Å². The Bertz CT molecular complexity index is 383. The molecule has 22 heavy (non-hydrogen) atoms. The number of likely N-dealkylation sites (tertiary alicyclic amines) is 2. The summed E-state index contributed by atoms with van der Waals surface area (Å²) in [4.78, 5) is 27.7. The molecule has 2 aliphatic rings. The first-order valence-corrected chi connectivity index (χ1v) is 8.63. The summed E-state index contributed by atoms with van der Waals surface area (Å²) in [6.45, 7) is 8.18. The average molecular weight is 308 g/mol. The van der Waals surface area contributed by atoms with Crippen LogP contribution in [0, 0.1) is 18.3 Å². The van der Waals surface area contributed by atoms with Crippen LogP contribution in [0.1, 0.15) is 46.0 Å². The van der Waals surface area contributed by atoms with Gasteiger partial charge in [0.2, 0.25) is 11.8 Å². The summed E-state index contributed by atoms with van der Waals surface area (Å²) in [5.41, 5.74) is 5.22. The van der Waals surface area contributed by atoms with Gasteiger partial charge in [0.05, 0.1) is 6.42 Å². The maximum absolute atomic E-state index is 12.2. The van der Waals surface area contributed by atoms with Crippen molar-refractivity contribution in [3.8, 4) is 0 Å². The van der Waals surface area contributed by atoms with Crippen molar-refractivity contribution in [1.82, 2.24) is 9.80 Å². The average Bonchev–Trinajstić information content (AvgIpc) is 2.53. The number of nitrogens with zero attached hydrogens (tertiary/aromatic N) is 2. The van der Waals surface area contributed by atoms with Crippen molar-refractivity contribution in [2.24, 2.45) is 17.6 Å². The predicted molar refractivity (Wildman–Crippen MR) is 86.8 cm³/mol. The smallest absolute Gasteiger partial charge is 0.226 e. The second-order valence-corrected chi connectivity index (χ2v) is 7.02. The first-order chi connectivity index (χ1) is 10.5. The SMILES string of the molecule is CC1CCN(C2CCN(C(=O)[CH]C[C@H](C)C(N)=O)CC2)CC1. The summed E-state index contributed by atoms with van der Waals surface area (Å²) in [6.07, 6.45) is 6.81. The van der Waals surface area contributed by atoms with Crippen molar-refractivity contribution in [1.29, 1.82) is 0 Å². The van der Waals surface area contributed by atoms with E-state index in [1.807, 2.05) is 4.90 Å². The zero-order chi connectivity index (χ0) is 16.1. The molecule has 0 aromatic heterocycles. The number of carbonyl (C=O) groups is 2. The molecule has 2 fully saturated rings. The van der Waals surface area contributed by atoms with Crippen LogP contribution < -0.4 is 5.73 Å². The summed E-state index contributed by atoms with van der Waals surface area (Å²) < 4.78 is 0. The second-order valence-electron chi connectivity index (χ2n) is 7.02. The molecule has 125 valence electrons. The summed E-state index contributed by atoms with van der Waals surface area (Å²) >= 11 is 0. The fraction of sp³-hybridized carbons (Fsp3) is 0.824. The van der Waals surface area contributed by atoms with Gasteiger partial charge in [0.15, 0.2) is 0 Å². The molecule has 1 atom stereocenters. The Morgan fingerprint density at radius 3 is 2.27 bits per heavy atom. The standard InChI is InChI=1S/C17H30N3O2/c1-13-5-9-19(10-6-13)15-7-11-20(12-8-15)16(21)4-3-14(2)17(18)22/h4,13-15H,3,5-12H2,1-2H3,(H2,18,22)/t14-/m0/s1. The summed E-state index contributed by atoms with van der Waals surface area (Å²) in [7, 11) is 0. The first kappa shape index (κ1) is 17.3. The van der Waals surface area contributed by atoms with Crippen molar-refractivity contribution in [2.75, 3.05) is 26.2 Å². The Kier molecular flexibility index (Phi) is 6.24. The molecule has 0 saturated carbocycles. The summed E-state index contributed by atoms with van der Waals surface area (Å²) in [5, 5.41) is 0. The first-order valence-electron chi connectivity index (χ1n) is 8.63. The minimum Gasteiger partial charge on any atom is -0.369 e. The minimum atomic E-state index is -0.345. The van der Waals surface area contributed by atoms with E-state index in [-0.39, 0.29) is 17.7 Å². The molecule has 1 radical (unpaired) electrons. The number of carbonyl (C=O) groups excluding carboxylic acids is 2. The van der Waals surface area contributed by atoms with Gasteiger partial charge in [-0.3, -0.25) is 9.59 Å². The maximum Gasteiger partial charge on any atom is 0.226 e. The molecule has 0 spiro atoms. The Morgan fingerprint density at radius 2 is 1.73 bits per heavy atom. The molecule has 2 heterocycles. The fourth-order valence-electron chi connectivity index (χ4n) is 3.37. The third kappa shape index (κ3) is 4.70. The van der Waals surface area contributed by atoms with Gasteiger partial charge in [-0.2, -0.15) is 0 Å². The lowest BCUT2D eigenvalue weighted by molar-refractivity contribution is -0.129. The Hall–Kier alpha value is -1.10. The van der Waals surface area contributed by atoms with Crippen LogP contribution in [-0.4, -0.2) is 53.8 Å². The highest BCUT2D eigenvalue weighted by Crippen LogP contribution is 2.23. The molecular weight excluding hydrogens is 278 g/mol. The van der Waals surface area contributed by atoms with E-state index in [2.05, 4.69) is 11.8 Å². The van der Waals surface area contributed by atoms with Crippen LogP contribution in [0.4, 0.5) is 0 Å². The molecule has 2 amide bonds. The highest BCUT2D eigenvalue weighted by molar-refractivity contribution is 5.86.